The Morgan fingerprint density at radius 2 is 1.68 bits per heavy atom. The number of nitrogens with two attached hydrogens (primary N) is 1. The standard InChI is InChI=1S/C8H14N3O2.C6H9F3O.C4H10.Y/c1-10-5-7(12)11-4-2-3-6(11)8(9)13;7-6(8,9)5(10)3-1-2-4-5;1-4(2)3;/h6H,2-5H2,1H3,(H2,9,13);10H,1-4H2;4H,1-3H3;/q-1;;;/t6-;;;/m0.../s1. The van der Waals surface area contributed by atoms with Crippen LogP contribution in [0, 0.1) is 5.92 Å². The first-order valence-corrected chi connectivity index (χ1v) is 9.29. The molecule has 0 bridgehead atoms. The Kier molecular flexibility index (Phi) is 14.8. The number of amides is 2. The number of aliphatic hydroxyl groups is 1. The number of likely N-dealkylation sites (tertiary alicyclic amines) is 1. The number of nitrogens with zero attached hydrogens (tertiary/aromatic N) is 2. The molecule has 0 spiro atoms. The van der Waals surface area contributed by atoms with Crippen LogP contribution in [0.3, 0.4) is 0 Å². The van der Waals surface area contributed by atoms with Gasteiger partial charge in [0.2, 0.25) is 11.8 Å². The molecule has 2 rings (SSSR count). The summed E-state index contributed by atoms with van der Waals surface area (Å²) in [6, 6.07) is -0.408. The number of carbonyl (C=O) groups is 2. The Labute approximate surface area is 191 Å². The second-order valence-corrected chi connectivity index (χ2v) is 7.59. The van der Waals surface area contributed by atoms with Gasteiger partial charge in [0.05, 0.1) is 0 Å². The van der Waals surface area contributed by atoms with Crippen LogP contribution in [0.15, 0.2) is 0 Å². The molecule has 0 aromatic rings. The molecule has 3 N–H and O–H groups in total. The third-order valence-corrected chi connectivity index (χ3v) is 4.15. The number of hydrogen-bond donors (Lipinski definition) is 2. The van der Waals surface area contributed by atoms with E-state index in [1.165, 1.54) is 4.90 Å². The van der Waals surface area contributed by atoms with Gasteiger partial charge in [0.25, 0.3) is 0 Å². The molecule has 1 saturated carbocycles. The Morgan fingerprint density at radius 3 is 2.00 bits per heavy atom. The fraction of sp³-hybridized carbons (Fsp3) is 0.889. The van der Waals surface area contributed by atoms with E-state index < -0.39 is 23.7 Å². The van der Waals surface area contributed by atoms with E-state index in [2.05, 4.69) is 26.1 Å². The minimum absolute atomic E-state index is 0. The van der Waals surface area contributed by atoms with Gasteiger partial charge >= 0.3 is 6.18 Å². The van der Waals surface area contributed by atoms with Crippen molar-refractivity contribution in [3.05, 3.63) is 5.32 Å². The minimum Gasteiger partial charge on any atom is -0.657 e. The third kappa shape index (κ3) is 10.5. The van der Waals surface area contributed by atoms with Gasteiger partial charge < -0.3 is 21.1 Å². The van der Waals surface area contributed by atoms with E-state index in [1.54, 1.807) is 7.05 Å². The minimum atomic E-state index is -4.43. The fourth-order valence-electron chi connectivity index (χ4n) is 2.83. The molecule has 0 aromatic carbocycles. The van der Waals surface area contributed by atoms with E-state index in [-0.39, 0.29) is 58.0 Å². The molecule has 1 atom stereocenters. The zero-order chi connectivity index (χ0) is 21.3. The van der Waals surface area contributed by atoms with Crippen molar-refractivity contribution in [2.75, 3.05) is 20.1 Å². The average molecular weight is 485 g/mol. The van der Waals surface area contributed by atoms with Crippen molar-refractivity contribution in [1.29, 1.82) is 0 Å². The van der Waals surface area contributed by atoms with Crippen molar-refractivity contribution in [3.8, 4) is 0 Å². The molecular formula is C18H33F3N3O3Y-. The Bertz CT molecular complexity index is 468. The van der Waals surface area contributed by atoms with Crippen LogP contribution in [0.5, 0.6) is 0 Å². The van der Waals surface area contributed by atoms with Gasteiger partial charge in [-0.2, -0.15) is 20.2 Å². The second-order valence-electron chi connectivity index (χ2n) is 7.59. The topological polar surface area (TPSA) is 97.7 Å². The van der Waals surface area contributed by atoms with Gasteiger partial charge in [-0.05, 0) is 31.6 Å². The van der Waals surface area contributed by atoms with Crippen LogP contribution >= 0.6 is 0 Å². The van der Waals surface area contributed by atoms with Gasteiger partial charge in [0.15, 0.2) is 5.60 Å². The van der Waals surface area contributed by atoms with E-state index in [9.17, 15) is 22.8 Å². The first-order valence-electron chi connectivity index (χ1n) is 9.29. The maximum atomic E-state index is 11.9. The molecular weight excluding hydrogens is 452 g/mol. The van der Waals surface area contributed by atoms with Gasteiger partial charge in [-0.3, -0.25) is 9.59 Å². The molecule has 0 aromatic heterocycles. The molecule has 2 aliphatic rings. The van der Waals surface area contributed by atoms with Crippen molar-refractivity contribution in [1.82, 2.24) is 4.90 Å². The Morgan fingerprint density at radius 1 is 1.21 bits per heavy atom. The molecule has 10 heteroatoms. The maximum absolute atomic E-state index is 11.9. The number of primary amides is 1. The maximum Gasteiger partial charge on any atom is 0.417 e. The summed E-state index contributed by atoms with van der Waals surface area (Å²) < 4.78 is 35.7. The summed E-state index contributed by atoms with van der Waals surface area (Å²) in [5, 5.41) is 12.6. The van der Waals surface area contributed by atoms with Gasteiger partial charge in [0, 0.05) is 39.3 Å². The average Bonchev–Trinajstić information content (AvgIpc) is 3.16. The number of carbonyl (C=O) groups excluding carboxylic acids is 2. The summed E-state index contributed by atoms with van der Waals surface area (Å²) in [6.45, 7) is 7.27. The van der Waals surface area contributed by atoms with E-state index >= 15 is 0 Å². The molecule has 1 aliphatic carbocycles. The van der Waals surface area contributed by atoms with E-state index in [0.29, 0.717) is 25.8 Å². The first kappa shape index (κ1) is 30.0. The Balaban J connectivity index is 0. The van der Waals surface area contributed by atoms with Crippen LogP contribution in [-0.2, 0) is 42.3 Å². The summed E-state index contributed by atoms with van der Waals surface area (Å²) in [5.41, 5.74) is 2.79. The van der Waals surface area contributed by atoms with Crippen molar-refractivity contribution in [2.24, 2.45) is 11.7 Å². The summed E-state index contributed by atoms with van der Waals surface area (Å²) >= 11 is 0. The molecule has 1 heterocycles. The van der Waals surface area contributed by atoms with Crippen molar-refractivity contribution >= 4 is 11.8 Å². The summed E-state index contributed by atoms with van der Waals surface area (Å²) in [4.78, 5) is 23.8. The van der Waals surface area contributed by atoms with E-state index in [0.717, 1.165) is 12.3 Å². The molecule has 0 unspecified atom stereocenters. The van der Waals surface area contributed by atoms with Crippen LogP contribution < -0.4 is 5.73 Å². The van der Waals surface area contributed by atoms with Crippen LogP contribution in [0.4, 0.5) is 13.2 Å². The van der Waals surface area contributed by atoms with Gasteiger partial charge in [0.1, 0.15) is 6.04 Å². The summed E-state index contributed by atoms with van der Waals surface area (Å²) in [6.07, 6.45) is -2.18. The summed E-state index contributed by atoms with van der Waals surface area (Å²) in [5.74, 6) is 0.311. The third-order valence-electron chi connectivity index (χ3n) is 4.15. The number of rotatable bonds is 3. The predicted molar refractivity (Wildman–Crippen MR) is 98.1 cm³/mol. The first-order chi connectivity index (χ1) is 12.4. The largest absolute Gasteiger partial charge is 0.657 e. The molecule has 1 saturated heterocycles. The van der Waals surface area contributed by atoms with Crippen LogP contribution in [0.25, 0.3) is 5.32 Å². The zero-order valence-corrected chi connectivity index (χ0v) is 20.1. The quantitative estimate of drug-likeness (QED) is 0.643. The SMILES string of the molecule is CC(C)C.C[N-]CC(=O)N1CCC[C@H]1C(N)=O.OC1(C(F)(F)F)CCCC1.[Y]. The normalized spacial score (nSPS) is 20.5. The van der Waals surface area contributed by atoms with Crippen molar-refractivity contribution in [2.45, 2.75) is 77.1 Å². The smallest absolute Gasteiger partial charge is 0.417 e. The number of hydrogen-bond acceptors (Lipinski definition) is 3. The van der Waals surface area contributed by atoms with Crippen LogP contribution in [0.2, 0.25) is 0 Å². The monoisotopic (exact) mass is 485 g/mol. The van der Waals surface area contributed by atoms with Crippen molar-refractivity contribution in [3.63, 3.8) is 0 Å². The van der Waals surface area contributed by atoms with E-state index in [4.69, 9.17) is 10.8 Å². The second kappa shape index (κ2) is 13.9. The number of alkyl halides is 3. The molecule has 2 fully saturated rings. The molecule has 6 nitrogen and oxygen atoms in total. The van der Waals surface area contributed by atoms with Crippen LogP contribution in [0.1, 0.15) is 59.3 Å². The van der Waals surface area contributed by atoms with Crippen LogP contribution in [-0.4, -0.2) is 59.8 Å². The van der Waals surface area contributed by atoms with Gasteiger partial charge in [-0.15, -0.1) is 0 Å². The molecule has 2 amide bonds. The molecule has 163 valence electrons. The Hall–Kier alpha value is -0.246. The zero-order valence-electron chi connectivity index (χ0n) is 17.3. The molecule has 28 heavy (non-hydrogen) atoms. The molecule has 1 aliphatic heterocycles. The summed E-state index contributed by atoms with van der Waals surface area (Å²) in [7, 11) is 1.58. The number of likely N-dealkylation sites (N-methyl/N-ethyl adjacent to an activating group) is 1. The van der Waals surface area contributed by atoms with E-state index in [1.807, 2.05) is 0 Å². The van der Waals surface area contributed by atoms with Gasteiger partial charge in [-0.1, -0.05) is 40.2 Å². The van der Waals surface area contributed by atoms with Crippen molar-refractivity contribution < 1.29 is 60.6 Å². The fourth-order valence-corrected chi connectivity index (χ4v) is 2.83. The predicted octanol–water partition coefficient (Wildman–Crippen LogP) is 2.98. The number of halogens is 3. The molecule has 1 radical (unpaired) electrons. The van der Waals surface area contributed by atoms with Gasteiger partial charge in [-0.25, -0.2) is 0 Å².